The smallest absolute Gasteiger partial charge is 0.203 e. The number of hydrogen-bond acceptors (Lipinski definition) is 3. The van der Waals surface area contributed by atoms with E-state index in [4.69, 9.17) is 4.42 Å². The van der Waals surface area contributed by atoms with Crippen LogP contribution < -0.4 is 19.9 Å². The molecule has 0 atom stereocenters. The van der Waals surface area contributed by atoms with E-state index in [0.29, 0.717) is 12.1 Å². The number of nitrogens with one attached hydrogen (secondary N) is 1. The molecule has 0 fully saturated rings. The summed E-state index contributed by atoms with van der Waals surface area (Å²) in [6.07, 6.45) is 0.753. The Morgan fingerprint density at radius 3 is 2.24 bits per heavy atom. The summed E-state index contributed by atoms with van der Waals surface area (Å²) in [6, 6.07) is 31.1. The van der Waals surface area contributed by atoms with Gasteiger partial charge in [-0.25, -0.2) is 4.58 Å². The van der Waals surface area contributed by atoms with E-state index in [1.165, 1.54) is 16.2 Å². The molecule has 0 spiro atoms. The number of aliphatic imine (C=N–C) groups is 1. The van der Waals surface area contributed by atoms with Crippen LogP contribution in [0.15, 0.2) is 100 Å². The van der Waals surface area contributed by atoms with E-state index in [2.05, 4.69) is 85.8 Å². The average Bonchev–Trinajstić information content (AvgIpc) is 3.01. The highest BCUT2D eigenvalue weighted by Gasteiger charge is 2.20. The molecule has 2 aliphatic rings. The van der Waals surface area contributed by atoms with Gasteiger partial charge in [0.25, 0.3) is 0 Å². The lowest BCUT2D eigenvalue weighted by Crippen LogP contribution is -3.06. The van der Waals surface area contributed by atoms with Gasteiger partial charge in [0.2, 0.25) is 5.36 Å². The molecule has 5 rings (SSSR count). The number of rotatable bonds is 10. The maximum atomic E-state index is 12.8. The first-order valence-electron chi connectivity index (χ1n) is 14.9. The van der Waals surface area contributed by atoms with E-state index in [1.54, 1.807) is 0 Å². The van der Waals surface area contributed by atoms with Crippen molar-refractivity contribution < 1.29 is 14.4 Å². The van der Waals surface area contributed by atoms with Gasteiger partial charge in [-0.3, -0.25) is 0 Å². The molecule has 0 aromatic heterocycles. The normalized spacial score (nSPS) is 12.0. The molecule has 0 saturated heterocycles. The number of hydrogen-bond donors (Lipinski definition) is 1. The van der Waals surface area contributed by atoms with Gasteiger partial charge in [0.1, 0.15) is 30.1 Å². The second-order valence-electron chi connectivity index (χ2n) is 10.4. The minimum Gasteiger partial charge on any atom is -0.858 e. The minimum absolute atomic E-state index is 0.180. The maximum Gasteiger partial charge on any atom is 0.203 e. The van der Waals surface area contributed by atoms with Crippen LogP contribution in [0.4, 0.5) is 5.69 Å². The Morgan fingerprint density at radius 2 is 1.56 bits per heavy atom. The molecular formula is C36H40N3O2+. The van der Waals surface area contributed by atoms with Gasteiger partial charge in [-0.15, -0.1) is 0 Å². The van der Waals surface area contributed by atoms with E-state index in [-0.39, 0.29) is 5.90 Å². The number of quaternary nitrogens is 1. The summed E-state index contributed by atoms with van der Waals surface area (Å²) < 4.78 is 8.93. The van der Waals surface area contributed by atoms with Crippen LogP contribution in [-0.4, -0.2) is 38.6 Å². The Balaban J connectivity index is 1.58. The standard InChI is InChI=1S/C36H39N3O2/c1-5-38(6-2)29-18-20-31-33(24-29)41-34-25-30(39(7-3)8-4)19-21-32(34)35(31)27-14-16-28(17-15-27)36(40)37-23-22-26-12-10-9-11-13-26/h9-21,24-25H,5-8,22-23H2,1-4H3/p+1. The van der Waals surface area contributed by atoms with Crippen LogP contribution in [0.5, 0.6) is 0 Å². The third-order valence-corrected chi connectivity index (χ3v) is 8.02. The zero-order chi connectivity index (χ0) is 28.8. The number of nitrogens with zero attached hydrogens (tertiary/aromatic N) is 2. The summed E-state index contributed by atoms with van der Waals surface area (Å²) in [5, 5.41) is 15.1. The molecule has 3 aromatic rings. The summed E-state index contributed by atoms with van der Waals surface area (Å²) in [7, 11) is 0. The molecule has 1 aliphatic heterocycles. The third kappa shape index (κ3) is 6.10. The lowest BCUT2D eigenvalue weighted by molar-refractivity contribution is -0.828. The fourth-order valence-electron chi connectivity index (χ4n) is 5.66. The van der Waals surface area contributed by atoms with Crippen LogP contribution in [0.2, 0.25) is 0 Å². The number of benzene rings is 4. The molecule has 1 aliphatic carbocycles. The highest BCUT2D eigenvalue weighted by molar-refractivity contribution is 6.02. The molecule has 5 nitrogen and oxygen atoms in total. The van der Waals surface area contributed by atoms with Crippen molar-refractivity contribution in [2.24, 2.45) is 4.99 Å². The van der Waals surface area contributed by atoms with Gasteiger partial charge >= 0.3 is 0 Å². The molecule has 41 heavy (non-hydrogen) atoms. The van der Waals surface area contributed by atoms with Crippen molar-refractivity contribution >= 4 is 22.6 Å². The van der Waals surface area contributed by atoms with Crippen molar-refractivity contribution in [3.63, 3.8) is 0 Å². The molecule has 1 N–H and O–H groups in total. The highest BCUT2D eigenvalue weighted by Crippen LogP contribution is 2.40. The summed E-state index contributed by atoms with van der Waals surface area (Å²) in [4.78, 5) is 5.73. The Hall–Kier alpha value is -4.22. The molecule has 0 unspecified atom stereocenters. The van der Waals surface area contributed by atoms with Crippen LogP contribution >= 0.6 is 0 Å². The van der Waals surface area contributed by atoms with Crippen molar-refractivity contribution in [1.29, 1.82) is 0 Å². The van der Waals surface area contributed by atoms with Gasteiger partial charge in [0.05, 0.1) is 19.2 Å². The maximum absolute atomic E-state index is 12.8. The molecule has 5 heteroatoms. The van der Waals surface area contributed by atoms with Crippen LogP contribution in [0.1, 0.15) is 38.8 Å². The summed E-state index contributed by atoms with van der Waals surface area (Å²) in [5.41, 5.74) is 7.12. The van der Waals surface area contributed by atoms with E-state index in [0.717, 1.165) is 71.4 Å². The van der Waals surface area contributed by atoms with E-state index in [1.807, 2.05) is 42.5 Å². The second-order valence-corrected chi connectivity index (χ2v) is 10.4. The van der Waals surface area contributed by atoms with Crippen molar-refractivity contribution in [3.8, 4) is 22.5 Å². The highest BCUT2D eigenvalue weighted by atomic mass is 16.3. The molecule has 0 bridgehead atoms. The lowest BCUT2D eigenvalue weighted by atomic mass is 9.93. The lowest BCUT2D eigenvalue weighted by Gasteiger charge is -2.19. The molecule has 0 radical (unpaired) electrons. The van der Waals surface area contributed by atoms with Crippen molar-refractivity contribution in [3.05, 3.63) is 107 Å². The summed E-state index contributed by atoms with van der Waals surface area (Å²) in [5.74, 6) is 0.681. The zero-order valence-corrected chi connectivity index (χ0v) is 24.6. The second kappa shape index (κ2) is 13.0. The van der Waals surface area contributed by atoms with Gasteiger partial charge in [-0.2, -0.15) is 0 Å². The quantitative estimate of drug-likeness (QED) is 0.117. The van der Waals surface area contributed by atoms with Crippen LogP contribution in [0, 0.1) is 0 Å². The molecule has 1 heterocycles. The van der Waals surface area contributed by atoms with Crippen LogP contribution in [-0.2, 0) is 6.42 Å². The fourth-order valence-corrected chi connectivity index (χ4v) is 5.66. The van der Waals surface area contributed by atoms with Crippen LogP contribution in [0.25, 0.3) is 33.4 Å². The van der Waals surface area contributed by atoms with Crippen molar-refractivity contribution in [2.75, 3.05) is 32.7 Å². The predicted octanol–water partition coefficient (Wildman–Crippen LogP) is 4.92. The average molecular weight is 547 g/mol. The Kier molecular flexibility index (Phi) is 8.95. The Bertz CT molecular complexity index is 1670. The largest absolute Gasteiger partial charge is 0.858 e. The summed E-state index contributed by atoms with van der Waals surface area (Å²) in [6.45, 7) is 13.1. The SMILES string of the molecule is CC[N+](CC)=c1ccc2c(-c3ccc(C([O-])=NCCc4ccccc4)cc3)c3ccc([NH+](CC)CC)cc3oc-2c1. The molecule has 0 saturated carbocycles. The summed E-state index contributed by atoms with van der Waals surface area (Å²) >= 11 is 0. The fraction of sp³-hybridized carbons (Fsp3) is 0.278. The van der Waals surface area contributed by atoms with Gasteiger partial charge in [0.15, 0.2) is 0 Å². The molecule has 3 aromatic carbocycles. The number of fused-ring (bicyclic) bond motifs is 2. The predicted molar refractivity (Wildman–Crippen MR) is 168 cm³/mol. The Labute approximate surface area is 243 Å². The molecular weight excluding hydrogens is 506 g/mol. The van der Waals surface area contributed by atoms with Gasteiger partial charge in [-0.1, -0.05) is 54.6 Å². The van der Waals surface area contributed by atoms with Crippen molar-refractivity contribution in [2.45, 2.75) is 34.1 Å². The van der Waals surface area contributed by atoms with Crippen LogP contribution in [0.3, 0.4) is 0 Å². The topological polar surface area (TPSA) is 56.0 Å². The van der Waals surface area contributed by atoms with E-state index < -0.39 is 0 Å². The van der Waals surface area contributed by atoms with E-state index in [9.17, 15) is 5.11 Å². The Morgan fingerprint density at radius 1 is 0.829 bits per heavy atom. The molecule has 210 valence electrons. The van der Waals surface area contributed by atoms with E-state index >= 15 is 0 Å². The third-order valence-electron chi connectivity index (χ3n) is 8.02. The van der Waals surface area contributed by atoms with Gasteiger partial charge in [0, 0.05) is 35.2 Å². The first-order valence-corrected chi connectivity index (χ1v) is 14.9. The first-order chi connectivity index (χ1) is 20.1. The minimum atomic E-state index is -0.180. The van der Waals surface area contributed by atoms with Gasteiger partial charge in [-0.05, 0) is 74.9 Å². The molecule has 0 amide bonds. The monoisotopic (exact) mass is 546 g/mol. The first kappa shape index (κ1) is 28.3. The van der Waals surface area contributed by atoms with Gasteiger partial charge < -0.3 is 19.4 Å². The van der Waals surface area contributed by atoms with Crippen molar-refractivity contribution in [1.82, 2.24) is 4.58 Å². The zero-order valence-electron chi connectivity index (χ0n) is 24.6.